The number of nitrogens with one attached hydrogen (secondary N) is 2. The Morgan fingerprint density at radius 2 is 1.96 bits per heavy atom. The van der Waals surface area contributed by atoms with E-state index in [4.69, 9.17) is 0 Å². The fourth-order valence-electron chi connectivity index (χ4n) is 3.19. The summed E-state index contributed by atoms with van der Waals surface area (Å²) in [6.45, 7) is 2.69. The number of aryl methyl sites for hydroxylation is 1. The Kier molecular flexibility index (Phi) is 5.18. The number of aromatic nitrogens is 1. The summed E-state index contributed by atoms with van der Waals surface area (Å²) in [5, 5.41) is 15.4. The third-order valence-corrected chi connectivity index (χ3v) is 5.67. The Labute approximate surface area is 157 Å². The second-order valence-corrected chi connectivity index (χ2v) is 8.38. The number of rotatable bonds is 7. The van der Waals surface area contributed by atoms with Crippen LogP contribution in [0.25, 0.3) is 10.9 Å². The molecule has 1 aromatic heterocycles. The molecule has 0 fully saturated rings. The van der Waals surface area contributed by atoms with Crippen LogP contribution in [0.3, 0.4) is 0 Å². The van der Waals surface area contributed by atoms with Crippen molar-refractivity contribution in [1.29, 1.82) is 0 Å². The zero-order valence-electron chi connectivity index (χ0n) is 15.2. The van der Waals surface area contributed by atoms with Crippen LogP contribution in [0.1, 0.15) is 18.1 Å². The molecule has 0 aliphatic rings. The van der Waals surface area contributed by atoms with Gasteiger partial charge in [-0.2, -0.15) is 0 Å². The van der Waals surface area contributed by atoms with E-state index in [9.17, 15) is 18.5 Å². The van der Waals surface area contributed by atoms with Crippen molar-refractivity contribution >= 4 is 32.1 Å². The molecule has 0 radical (unpaired) electrons. The van der Waals surface area contributed by atoms with Crippen LogP contribution >= 0.6 is 0 Å². The van der Waals surface area contributed by atoms with Gasteiger partial charge in [-0.1, -0.05) is 25.1 Å². The second-order valence-electron chi connectivity index (χ2n) is 6.40. The molecule has 3 rings (SSSR count). The lowest BCUT2D eigenvalue weighted by atomic mass is 10.1. The van der Waals surface area contributed by atoms with Crippen molar-refractivity contribution in [2.24, 2.45) is 0 Å². The SMILES string of the molecule is CCc1cccc2c(CCNc3ccc([N+](=O)[O-])c(S(C)(=O)=O)c3)c[nH]c12. The summed E-state index contributed by atoms with van der Waals surface area (Å²) in [5.41, 5.74) is 3.70. The first-order chi connectivity index (χ1) is 12.8. The van der Waals surface area contributed by atoms with Crippen LogP contribution in [0.15, 0.2) is 47.5 Å². The van der Waals surface area contributed by atoms with Crippen molar-refractivity contribution in [3.63, 3.8) is 0 Å². The van der Waals surface area contributed by atoms with Crippen molar-refractivity contribution in [3.05, 3.63) is 63.8 Å². The Bertz CT molecular complexity index is 1100. The number of H-pyrrole nitrogens is 1. The van der Waals surface area contributed by atoms with Crippen molar-refractivity contribution in [2.45, 2.75) is 24.7 Å². The summed E-state index contributed by atoms with van der Waals surface area (Å²) in [7, 11) is -3.69. The highest BCUT2D eigenvalue weighted by atomic mass is 32.2. The first-order valence-corrected chi connectivity index (χ1v) is 10.5. The van der Waals surface area contributed by atoms with Gasteiger partial charge < -0.3 is 10.3 Å². The lowest BCUT2D eigenvalue weighted by molar-refractivity contribution is -0.387. The average Bonchev–Trinajstić information content (AvgIpc) is 3.04. The Morgan fingerprint density at radius 3 is 2.63 bits per heavy atom. The first kappa shape index (κ1) is 18.9. The lowest BCUT2D eigenvalue weighted by Crippen LogP contribution is -2.07. The maximum Gasteiger partial charge on any atom is 0.288 e. The van der Waals surface area contributed by atoms with E-state index in [-0.39, 0.29) is 4.90 Å². The Balaban J connectivity index is 1.77. The van der Waals surface area contributed by atoms with Crippen molar-refractivity contribution in [1.82, 2.24) is 4.98 Å². The van der Waals surface area contributed by atoms with Gasteiger partial charge in [0.25, 0.3) is 5.69 Å². The molecule has 7 nitrogen and oxygen atoms in total. The van der Waals surface area contributed by atoms with E-state index < -0.39 is 20.4 Å². The largest absolute Gasteiger partial charge is 0.385 e. The first-order valence-electron chi connectivity index (χ1n) is 8.61. The molecule has 0 aliphatic carbocycles. The van der Waals surface area contributed by atoms with Gasteiger partial charge in [0, 0.05) is 41.7 Å². The molecule has 0 spiro atoms. The van der Waals surface area contributed by atoms with Gasteiger partial charge in [0.05, 0.1) is 4.92 Å². The summed E-state index contributed by atoms with van der Waals surface area (Å²) < 4.78 is 23.7. The zero-order chi connectivity index (χ0) is 19.6. The number of anilines is 1. The van der Waals surface area contributed by atoms with E-state index >= 15 is 0 Å². The number of sulfone groups is 1. The van der Waals surface area contributed by atoms with Gasteiger partial charge in [-0.05, 0) is 36.1 Å². The highest BCUT2D eigenvalue weighted by Gasteiger charge is 2.22. The molecule has 2 aromatic carbocycles. The molecule has 0 atom stereocenters. The Morgan fingerprint density at radius 1 is 1.19 bits per heavy atom. The highest BCUT2D eigenvalue weighted by molar-refractivity contribution is 7.90. The molecule has 8 heteroatoms. The van der Waals surface area contributed by atoms with Crippen molar-refractivity contribution in [3.8, 4) is 0 Å². The monoisotopic (exact) mass is 387 g/mol. The Hall–Kier alpha value is -2.87. The maximum absolute atomic E-state index is 11.8. The number of nitro groups is 1. The number of hydrogen-bond acceptors (Lipinski definition) is 5. The minimum Gasteiger partial charge on any atom is -0.385 e. The summed E-state index contributed by atoms with van der Waals surface area (Å²) in [6, 6.07) is 10.3. The van der Waals surface area contributed by atoms with Crippen LogP contribution < -0.4 is 5.32 Å². The standard InChI is InChI=1S/C19H21N3O4S/c1-3-13-5-4-6-16-14(12-21-19(13)16)9-10-20-15-7-8-17(22(23)24)18(11-15)27(2,25)26/h4-8,11-12,20-21H,3,9-10H2,1-2H3. The number of hydrogen-bond donors (Lipinski definition) is 2. The second kappa shape index (κ2) is 7.40. The normalized spacial score (nSPS) is 11.6. The zero-order valence-corrected chi connectivity index (χ0v) is 16.0. The van der Waals surface area contributed by atoms with Crippen LogP contribution in [0, 0.1) is 10.1 Å². The molecule has 1 heterocycles. The van der Waals surface area contributed by atoms with E-state index in [1.807, 2.05) is 12.3 Å². The van der Waals surface area contributed by atoms with Gasteiger partial charge in [-0.15, -0.1) is 0 Å². The quantitative estimate of drug-likeness (QED) is 0.475. The molecular weight excluding hydrogens is 366 g/mol. The minimum atomic E-state index is -3.69. The van der Waals surface area contributed by atoms with Gasteiger partial charge in [0.15, 0.2) is 9.84 Å². The maximum atomic E-state index is 11.8. The summed E-state index contributed by atoms with van der Waals surface area (Å²) in [6.07, 6.45) is 4.64. The topological polar surface area (TPSA) is 105 Å². The molecule has 0 bridgehead atoms. The highest BCUT2D eigenvalue weighted by Crippen LogP contribution is 2.27. The van der Waals surface area contributed by atoms with E-state index in [1.54, 1.807) is 0 Å². The fraction of sp³-hybridized carbons (Fsp3) is 0.263. The van der Waals surface area contributed by atoms with Gasteiger partial charge in [0.1, 0.15) is 4.90 Å². The van der Waals surface area contributed by atoms with E-state index in [0.29, 0.717) is 12.2 Å². The van der Waals surface area contributed by atoms with Crippen LogP contribution in [-0.4, -0.2) is 31.1 Å². The third kappa shape index (κ3) is 3.95. The van der Waals surface area contributed by atoms with Gasteiger partial charge in [-0.25, -0.2) is 8.42 Å². The summed E-state index contributed by atoms with van der Waals surface area (Å²) >= 11 is 0. The smallest absolute Gasteiger partial charge is 0.288 e. The van der Waals surface area contributed by atoms with E-state index in [1.165, 1.54) is 29.1 Å². The van der Waals surface area contributed by atoms with Crippen LogP contribution in [0.5, 0.6) is 0 Å². The molecule has 2 N–H and O–H groups in total. The predicted octanol–water partition coefficient (Wildman–Crippen LogP) is 3.70. The molecular formula is C19H21N3O4S. The van der Waals surface area contributed by atoms with Gasteiger partial charge in [0.2, 0.25) is 0 Å². The number of para-hydroxylation sites is 1. The predicted molar refractivity (Wildman–Crippen MR) is 106 cm³/mol. The van der Waals surface area contributed by atoms with Crippen molar-refractivity contribution < 1.29 is 13.3 Å². The minimum absolute atomic E-state index is 0.280. The summed E-state index contributed by atoms with van der Waals surface area (Å²) in [5.74, 6) is 0. The molecule has 3 aromatic rings. The number of fused-ring (bicyclic) bond motifs is 1. The van der Waals surface area contributed by atoms with E-state index in [0.717, 1.165) is 30.2 Å². The number of nitrogens with zero attached hydrogens (tertiary/aromatic N) is 1. The molecule has 27 heavy (non-hydrogen) atoms. The van der Waals surface area contributed by atoms with Crippen LogP contribution in [0.4, 0.5) is 11.4 Å². The number of aromatic amines is 1. The number of benzene rings is 2. The third-order valence-electron chi connectivity index (χ3n) is 4.55. The fourth-order valence-corrected chi connectivity index (χ4v) is 4.05. The molecule has 142 valence electrons. The molecule has 0 aliphatic heterocycles. The van der Waals surface area contributed by atoms with Crippen molar-refractivity contribution in [2.75, 3.05) is 18.1 Å². The van der Waals surface area contributed by atoms with Gasteiger partial charge >= 0.3 is 0 Å². The van der Waals surface area contributed by atoms with Crippen LogP contribution in [0.2, 0.25) is 0 Å². The average molecular weight is 387 g/mol. The molecule has 0 saturated carbocycles. The summed E-state index contributed by atoms with van der Waals surface area (Å²) in [4.78, 5) is 13.4. The van der Waals surface area contributed by atoms with E-state index in [2.05, 4.69) is 29.4 Å². The van der Waals surface area contributed by atoms with Crippen LogP contribution in [-0.2, 0) is 22.7 Å². The lowest BCUT2D eigenvalue weighted by Gasteiger charge is -2.08. The number of nitro benzene ring substituents is 1. The van der Waals surface area contributed by atoms with Gasteiger partial charge in [-0.3, -0.25) is 10.1 Å². The molecule has 0 unspecified atom stereocenters. The molecule has 0 amide bonds. The molecule has 0 saturated heterocycles.